The summed E-state index contributed by atoms with van der Waals surface area (Å²) >= 11 is 7.61. The van der Waals surface area contributed by atoms with E-state index in [1.54, 1.807) is 12.1 Å². The Morgan fingerprint density at radius 2 is 1.55 bits per heavy atom. The van der Waals surface area contributed by atoms with E-state index in [4.69, 9.17) is 11.6 Å². The zero-order chi connectivity index (χ0) is 50.6. The Kier molecular flexibility index (Phi) is 16.9. The Balaban J connectivity index is 0.927. The van der Waals surface area contributed by atoms with Crippen LogP contribution in [0.5, 0.6) is 0 Å². The fourth-order valence-electron chi connectivity index (χ4n) is 10.3. The van der Waals surface area contributed by atoms with Crippen molar-refractivity contribution in [1.82, 2.24) is 19.4 Å². The van der Waals surface area contributed by atoms with Crippen molar-refractivity contribution in [1.29, 1.82) is 0 Å². The molecule has 2 N–H and O–H groups in total. The molecule has 3 aliphatic heterocycles. The summed E-state index contributed by atoms with van der Waals surface area (Å²) in [5, 5.41) is 3.70. The average molecular weight is 1060 g/mol. The molecular formula is C52H63ClF4N6O5S3. The smallest absolute Gasteiger partial charge is 0.380 e. The third kappa shape index (κ3) is 13.3. The molecule has 0 saturated carbocycles. The molecule has 3 heterocycles. The molecule has 3 fully saturated rings. The maximum Gasteiger partial charge on any atom is 0.501 e. The van der Waals surface area contributed by atoms with Crippen molar-refractivity contribution in [3.8, 4) is 0 Å². The molecule has 19 heteroatoms. The van der Waals surface area contributed by atoms with Crippen LogP contribution in [0.15, 0.2) is 117 Å². The molecule has 71 heavy (non-hydrogen) atoms. The van der Waals surface area contributed by atoms with Gasteiger partial charge >= 0.3 is 5.51 Å². The van der Waals surface area contributed by atoms with Gasteiger partial charge in [0.15, 0.2) is 0 Å². The van der Waals surface area contributed by atoms with Crippen molar-refractivity contribution < 1.29 is 39.2 Å². The maximum atomic E-state index is 15.5. The minimum Gasteiger partial charge on any atom is -0.380 e. The number of carbonyl (C=O) groups excluding carboxylic acids is 1. The quantitative estimate of drug-likeness (QED) is 0.0777. The average Bonchev–Trinajstić information content (AvgIpc) is 3.88. The van der Waals surface area contributed by atoms with Crippen molar-refractivity contribution >= 4 is 66.1 Å². The Morgan fingerprint density at radius 1 is 0.859 bits per heavy atom. The van der Waals surface area contributed by atoms with Crippen LogP contribution in [0, 0.1) is 5.41 Å². The van der Waals surface area contributed by atoms with E-state index < -0.39 is 59.0 Å². The van der Waals surface area contributed by atoms with Crippen molar-refractivity contribution in [3.05, 3.63) is 119 Å². The van der Waals surface area contributed by atoms with E-state index in [0.29, 0.717) is 42.8 Å². The largest absolute Gasteiger partial charge is 0.501 e. The number of benzene rings is 4. The van der Waals surface area contributed by atoms with Gasteiger partial charge in [0, 0.05) is 84.8 Å². The van der Waals surface area contributed by atoms with Crippen molar-refractivity contribution in [2.24, 2.45) is 5.41 Å². The summed E-state index contributed by atoms with van der Waals surface area (Å²) in [6.45, 7) is 11.6. The first-order valence-electron chi connectivity index (χ1n) is 24.4. The number of alkyl halides is 4. The monoisotopic (exact) mass is 1060 g/mol. The summed E-state index contributed by atoms with van der Waals surface area (Å²) in [5.41, 5.74) is -1.15. The normalized spacial score (nSPS) is 21.3. The van der Waals surface area contributed by atoms with E-state index in [2.05, 4.69) is 46.0 Å². The van der Waals surface area contributed by atoms with Gasteiger partial charge in [0.2, 0.25) is 0 Å². The summed E-state index contributed by atoms with van der Waals surface area (Å²) in [5.74, 6) is -0.741. The number of hydrogen-bond acceptors (Lipinski definition) is 11. The lowest BCUT2D eigenvalue weighted by atomic mass is 9.73. The summed E-state index contributed by atoms with van der Waals surface area (Å²) < 4.78 is 114. The van der Waals surface area contributed by atoms with Gasteiger partial charge in [0.05, 0.1) is 10.6 Å². The highest BCUT2D eigenvalue weighted by molar-refractivity contribution is 7.99. The van der Waals surface area contributed by atoms with Crippen molar-refractivity contribution in [2.45, 2.75) is 97.2 Å². The van der Waals surface area contributed by atoms with E-state index in [1.165, 1.54) is 40.6 Å². The van der Waals surface area contributed by atoms with Gasteiger partial charge in [-0.3, -0.25) is 14.6 Å². The second-order valence-corrected chi connectivity index (χ2v) is 25.1. The number of carbonyl (C=O) groups is 1. The Bertz CT molecular complexity index is 2740. The first kappa shape index (κ1) is 53.1. The number of sulfone groups is 1. The van der Waals surface area contributed by atoms with Gasteiger partial charge in [-0.25, -0.2) is 25.9 Å². The molecule has 3 saturated heterocycles. The Morgan fingerprint density at radius 3 is 2.21 bits per heavy atom. The molecule has 0 spiro atoms. The minimum absolute atomic E-state index is 0.0166. The number of rotatable bonds is 17. The number of hydrogen-bond donors (Lipinski definition) is 2. The first-order valence-corrected chi connectivity index (χ1v) is 28.7. The van der Waals surface area contributed by atoms with Gasteiger partial charge in [-0.05, 0) is 148 Å². The number of anilines is 2. The van der Waals surface area contributed by atoms with Crippen LogP contribution < -0.4 is 14.9 Å². The topological polar surface area (TPSA) is 122 Å². The Hall–Kier alpha value is -4.17. The van der Waals surface area contributed by atoms with Crippen molar-refractivity contribution in [3.63, 3.8) is 0 Å². The van der Waals surface area contributed by atoms with Crippen molar-refractivity contribution in [2.75, 3.05) is 81.4 Å². The van der Waals surface area contributed by atoms with Crippen LogP contribution in [-0.4, -0.2) is 132 Å². The molecule has 2 unspecified atom stereocenters. The highest BCUT2D eigenvalue weighted by Gasteiger charge is 2.48. The highest BCUT2D eigenvalue weighted by Crippen LogP contribution is 2.43. The van der Waals surface area contributed by atoms with Crippen LogP contribution in [-0.2, 0) is 19.9 Å². The molecule has 384 valence electrons. The molecule has 0 bridgehead atoms. The van der Waals surface area contributed by atoms with E-state index in [-0.39, 0.29) is 23.6 Å². The molecule has 0 radical (unpaired) electrons. The van der Waals surface area contributed by atoms with E-state index in [0.717, 1.165) is 101 Å². The number of nitrogens with zero attached hydrogens (tertiary/aromatic N) is 4. The van der Waals surface area contributed by atoms with Crippen LogP contribution in [0.25, 0.3) is 5.57 Å². The number of sulfonamides is 1. The van der Waals surface area contributed by atoms with E-state index in [9.17, 15) is 34.8 Å². The molecule has 11 nitrogen and oxygen atoms in total. The second-order valence-electron chi connectivity index (χ2n) is 20.0. The number of nitrogens with one attached hydrogen (secondary N) is 2. The number of amides is 1. The van der Waals surface area contributed by atoms with Crippen LogP contribution in [0.1, 0.15) is 74.7 Å². The van der Waals surface area contributed by atoms with Crippen LogP contribution >= 0.6 is 23.4 Å². The molecule has 4 aromatic rings. The molecule has 1 aliphatic carbocycles. The van der Waals surface area contributed by atoms with Gasteiger partial charge < -0.3 is 15.1 Å². The van der Waals surface area contributed by atoms with Gasteiger partial charge in [-0.1, -0.05) is 61.4 Å². The molecule has 1 amide bonds. The number of allylic oxidation sites excluding steroid dienone is 1. The molecule has 8 rings (SSSR count). The zero-order valence-electron chi connectivity index (χ0n) is 40.1. The van der Waals surface area contributed by atoms with Gasteiger partial charge in [-0.15, -0.1) is 11.8 Å². The first-order chi connectivity index (χ1) is 33.7. The van der Waals surface area contributed by atoms with Gasteiger partial charge in [0.1, 0.15) is 11.1 Å². The van der Waals surface area contributed by atoms with Gasteiger partial charge in [0.25, 0.3) is 25.8 Å². The summed E-state index contributed by atoms with van der Waals surface area (Å²) in [6.07, 6.45) is 5.14. The lowest BCUT2D eigenvalue weighted by Gasteiger charge is -2.39. The molecule has 3 atom stereocenters. The minimum atomic E-state index is -6.11. The summed E-state index contributed by atoms with van der Waals surface area (Å²) in [6, 6.07) is 25.4. The lowest BCUT2D eigenvalue weighted by molar-refractivity contribution is -0.0435. The molecule has 0 aromatic heterocycles. The predicted molar refractivity (Wildman–Crippen MR) is 275 cm³/mol. The predicted octanol–water partition coefficient (Wildman–Crippen LogP) is 10.0. The lowest BCUT2D eigenvalue weighted by Crippen LogP contribution is -2.52. The third-order valence-corrected chi connectivity index (χ3v) is 18.6. The number of piperidine rings is 1. The SMILES string of the molecule is CC1(C)CCC(c2ccc(Cl)cc2)=C(CN2CCN(c3ccc(C(=O)NS(=O)(=O)c4ccc(N[C@H](CCN5CCC(N6CCCC6)C(F)C5)CSc5ccccc5)c(S(=O)(=O)C(F)(F)F)c4)cc3)CC2)C1. The van der Waals surface area contributed by atoms with Crippen LogP contribution in [0.2, 0.25) is 5.02 Å². The fourth-order valence-corrected chi connectivity index (χ4v) is 13.5. The fraction of sp³-hybridized carbons (Fsp3) is 0.481. The van der Waals surface area contributed by atoms with E-state index >= 15 is 4.39 Å². The third-order valence-electron chi connectivity index (χ3n) is 14.3. The summed E-state index contributed by atoms with van der Waals surface area (Å²) in [4.78, 5) is 21.0. The number of likely N-dealkylation sites (tertiary alicyclic amines) is 2. The zero-order valence-corrected chi connectivity index (χ0v) is 43.3. The van der Waals surface area contributed by atoms with Crippen LogP contribution in [0.3, 0.4) is 0 Å². The molecular weight excluding hydrogens is 996 g/mol. The standard InChI is InChI=1S/C52H63ClF4N6O5S3/c1-51(2)23-20-45(37-10-14-40(53)15-11-37)39(33-51)34-61-28-30-62(31-29-61)42-16-12-38(13-17-42)50(64)59-71(67,68)44-18-19-47(49(32-44)70(65,66)52(55,56)57)58-41(36-69-43-8-4-3-5-9-43)21-26-60-27-22-48(46(54)35-60)63-24-6-7-25-63/h3-5,8-19,32,41,46,48,58H,6-7,20-31,33-36H2,1-2H3,(H,59,64)/t41-,46?,48?/m1/s1. The second kappa shape index (κ2) is 22.5. The van der Waals surface area contributed by atoms with E-state index in [1.807, 2.05) is 52.1 Å². The van der Waals surface area contributed by atoms with Crippen LogP contribution in [0.4, 0.5) is 28.9 Å². The van der Waals surface area contributed by atoms with Gasteiger partial charge in [-0.2, -0.15) is 13.2 Å². The number of piperazine rings is 1. The molecule has 4 aromatic carbocycles. The highest BCUT2D eigenvalue weighted by atomic mass is 35.5. The summed E-state index contributed by atoms with van der Waals surface area (Å²) in [7, 11) is -11.0. The number of halogens is 5. The maximum absolute atomic E-state index is 15.5. The molecule has 4 aliphatic rings. The number of thioether (sulfide) groups is 1. The Labute approximate surface area is 425 Å².